The fraction of sp³-hybridized carbons (Fsp3) is 0.211. The minimum Gasteiger partial charge on any atom is -0.482 e. The predicted molar refractivity (Wildman–Crippen MR) is 92.1 cm³/mol. The zero-order valence-electron chi connectivity index (χ0n) is 13.7. The molecule has 1 atom stereocenters. The molecule has 3 rings (SSSR count). The van der Waals surface area contributed by atoms with Crippen LogP contribution in [0.15, 0.2) is 66.2 Å². The highest BCUT2D eigenvalue weighted by Gasteiger charge is 2.27. The normalized spacial score (nSPS) is 15.8. The second-order valence-corrected chi connectivity index (χ2v) is 5.54. The summed E-state index contributed by atoms with van der Waals surface area (Å²) in [6.07, 6.45) is 0. The standard InChI is InChI=1S/C19H20N2O3/c1-13-8-6-7-11-15(13)20-18(16-12-24-16)21-17(19(22)23-2)14-9-4-3-5-10-14/h3-11,17,20-21H,12H2,1-2H3/b18-16-. The molecule has 1 saturated heterocycles. The molecule has 124 valence electrons. The molecule has 1 unspecified atom stereocenters. The number of nitrogens with one attached hydrogen (secondary N) is 2. The number of carbonyl (C=O) groups is 1. The van der Waals surface area contributed by atoms with Crippen LogP contribution in [0.5, 0.6) is 0 Å². The molecule has 0 amide bonds. The third-order valence-corrected chi connectivity index (χ3v) is 3.83. The molecular formula is C19H20N2O3. The number of epoxide rings is 1. The Morgan fingerprint density at radius 2 is 1.79 bits per heavy atom. The van der Waals surface area contributed by atoms with Crippen molar-refractivity contribution in [3.05, 3.63) is 77.3 Å². The van der Waals surface area contributed by atoms with E-state index in [1.54, 1.807) is 0 Å². The van der Waals surface area contributed by atoms with Gasteiger partial charge in [0.2, 0.25) is 0 Å². The Morgan fingerprint density at radius 1 is 1.12 bits per heavy atom. The minimum absolute atomic E-state index is 0.355. The van der Waals surface area contributed by atoms with Crippen molar-refractivity contribution in [2.75, 3.05) is 19.0 Å². The van der Waals surface area contributed by atoms with E-state index in [9.17, 15) is 4.79 Å². The van der Waals surface area contributed by atoms with Gasteiger partial charge in [-0.3, -0.25) is 0 Å². The summed E-state index contributed by atoms with van der Waals surface area (Å²) < 4.78 is 10.3. The van der Waals surface area contributed by atoms with Crippen molar-refractivity contribution in [2.45, 2.75) is 13.0 Å². The highest BCUT2D eigenvalue weighted by atomic mass is 16.6. The smallest absolute Gasteiger partial charge is 0.333 e. The summed E-state index contributed by atoms with van der Waals surface area (Å²) in [6.45, 7) is 2.57. The second-order valence-electron chi connectivity index (χ2n) is 5.54. The van der Waals surface area contributed by atoms with Crippen LogP contribution in [0.25, 0.3) is 0 Å². The van der Waals surface area contributed by atoms with Crippen molar-refractivity contribution in [3.8, 4) is 0 Å². The third kappa shape index (κ3) is 3.68. The number of methoxy groups -OCH3 is 1. The lowest BCUT2D eigenvalue weighted by atomic mass is 10.1. The average molecular weight is 324 g/mol. The van der Waals surface area contributed by atoms with Crippen LogP contribution in [-0.2, 0) is 14.3 Å². The lowest BCUT2D eigenvalue weighted by Gasteiger charge is -2.21. The largest absolute Gasteiger partial charge is 0.482 e. The molecule has 1 heterocycles. The zero-order valence-corrected chi connectivity index (χ0v) is 13.7. The van der Waals surface area contributed by atoms with Crippen LogP contribution in [0.4, 0.5) is 5.69 Å². The monoisotopic (exact) mass is 324 g/mol. The number of rotatable bonds is 6. The number of aryl methyl sites for hydroxylation is 1. The van der Waals surface area contributed by atoms with Crippen LogP contribution in [0, 0.1) is 6.92 Å². The average Bonchev–Trinajstić information content (AvgIpc) is 3.45. The number of carbonyl (C=O) groups excluding carboxylic acids is 1. The predicted octanol–water partition coefficient (Wildman–Crippen LogP) is 3.11. The summed E-state index contributed by atoms with van der Waals surface area (Å²) in [5.41, 5.74) is 2.89. The van der Waals surface area contributed by atoms with Gasteiger partial charge in [0.25, 0.3) is 0 Å². The topological polar surface area (TPSA) is 62.9 Å². The van der Waals surface area contributed by atoms with E-state index in [0.29, 0.717) is 12.4 Å². The number of para-hydroxylation sites is 1. The quantitative estimate of drug-likeness (QED) is 0.631. The van der Waals surface area contributed by atoms with Crippen LogP contribution in [0.3, 0.4) is 0 Å². The van der Waals surface area contributed by atoms with Gasteiger partial charge < -0.3 is 20.1 Å². The molecule has 0 bridgehead atoms. The van der Waals surface area contributed by atoms with Crippen molar-refractivity contribution >= 4 is 11.7 Å². The lowest BCUT2D eigenvalue weighted by Crippen LogP contribution is -2.32. The van der Waals surface area contributed by atoms with Crippen molar-refractivity contribution in [1.29, 1.82) is 0 Å². The fourth-order valence-electron chi connectivity index (χ4n) is 2.40. The first-order chi connectivity index (χ1) is 11.7. The van der Waals surface area contributed by atoms with E-state index in [-0.39, 0.29) is 5.97 Å². The highest BCUT2D eigenvalue weighted by molar-refractivity contribution is 5.78. The molecule has 24 heavy (non-hydrogen) atoms. The van der Waals surface area contributed by atoms with Crippen molar-refractivity contribution in [3.63, 3.8) is 0 Å². The maximum absolute atomic E-state index is 12.2. The number of hydrogen-bond donors (Lipinski definition) is 2. The molecular weight excluding hydrogens is 304 g/mol. The summed E-state index contributed by atoms with van der Waals surface area (Å²) >= 11 is 0. The molecule has 1 aliphatic rings. The number of esters is 1. The molecule has 2 aromatic carbocycles. The number of anilines is 1. The maximum atomic E-state index is 12.2. The van der Waals surface area contributed by atoms with Gasteiger partial charge in [0, 0.05) is 5.69 Å². The van der Waals surface area contributed by atoms with Gasteiger partial charge in [-0.15, -0.1) is 0 Å². The van der Waals surface area contributed by atoms with E-state index in [0.717, 1.165) is 22.6 Å². The van der Waals surface area contributed by atoms with Gasteiger partial charge in [-0.25, -0.2) is 4.79 Å². The Kier molecular flexibility index (Phi) is 4.70. The second kappa shape index (κ2) is 7.08. The first-order valence-electron chi connectivity index (χ1n) is 7.77. The fourth-order valence-corrected chi connectivity index (χ4v) is 2.40. The Hall–Kier alpha value is -2.95. The first kappa shape index (κ1) is 15.9. The molecule has 5 heteroatoms. The summed E-state index contributed by atoms with van der Waals surface area (Å²) in [5.74, 6) is 1.12. The third-order valence-electron chi connectivity index (χ3n) is 3.83. The van der Waals surface area contributed by atoms with Gasteiger partial charge in [-0.05, 0) is 24.1 Å². The van der Waals surface area contributed by atoms with Crippen molar-refractivity contribution < 1.29 is 14.3 Å². The van der Waals surface area contributed by atoms with Crippen LogP contribution in [-0.4, -0.2) is 19.7 Å². The highest BCUT2D eigenvalue weighted by Crippen LogP contribution is 2.25. The molecule has 0 aromatic heterocycles. The number of ether oxygens (including phenoxy) is 2. The molecule has 5 nitrogen and oxygen atoms in total. The van der Waals surface area contributed by atoms with E-state index in [2.05, 4.69) is 10.6 Å². The SMILES string of the molecule is COC(=O)C(N/C(Nc1ccccc1C)=C1/CO1)c1ccccc1. The molecule has 0 radical (unpaired) electrons. The number of hydrogen-bond acceptors (Lipinski definition) is 5. The van der Waals surface area contributed by atoms with E-state index in [1.165, 1.54) is 7.11 Å². The van der Waals surface area contributed by atoms with Crippen LogP contribution < -0.4 is 10.6 Å². The van der Waals surface area contributed by atoms with Gasteiger partial charge in [-0.2, -0.15) is 0 Å². The molecule has 2 aromatic rings. The van der Waals surface area contributed by atoms with Crippen molar-refractivity contribution in [1.82, 2.24) is 5.32 Å². The van der Waals surface area contributed by atoms with E-state index < -0.39 is 6.04 Å². The van der Waals surface area contributed by atoms with Gasteiger partial charge >= 0.3 is 5.97 Å². The van der Waals surface area contributed by atoms with Gasteiger partial charge in [0.15, 0.2) is 11.8 Å². The van der Waals surface area contributed by atoms with Crippen LogP contribution >= 0.6 is 0 Å². The van der Waals surface area contributed by atoms with Gasteiger partial charge in [0.1, 0.15) is 12.4 Å². The summed E-state index contributed by atoms with van der Waals surface area (Å²) in [7, 11) is 1.38. The molecule has 1 aliphatic heterocycles. The molecule has 1 fully saturated rings. The van der Waals surface area contributed by atoms with E-state index in [1.807, 2.05) is 61.5 Å². The summed E-state index contributed by atoms with van der Waals surface area (Å²) in [4.78, 5) is 12.2. The summed E-state index contributed by atoms with van der Waals surface area (Å²) in [5, 5.41) is 6.55. The molecule has 2 N–H and O–H groups in total. The van der Waals surface area contributed by atoms with E-state index >= 15 is 0 Å². The van der Waals surface area contributed by atoms with Crippen LogP contribution in [0.2, 0.25) is 0 Å². The zero-order chi connectivity index (χ0) is 16.9. The maximum Gasteiger partial charge on any atom is 0.333 e. The molecule has 0 saturated carbocycles. The number of benzene rings is 2. The Balaban J connectivity index is 1.85. The Labute approximate surface area is 141 Å². The lowest BCUT2D eigenvalue weighted by molar-refractivity contribution is -0.143. The van der Waals surface area contributed by atoms with E-state index in [4.69, 9.17) is 9.47 Å². The summed E-state index contributed by atoms with van der Waals surface area (Å²) in [6, 6.07) is 16.8. The minimum atomic E-state index is -0.612. The first-order valence-corrected chi connectivity index (χ1v) is 7.77. The van der Waals surface area contributed by atoms with Gasteiger partial charge in [-0.1, -0.05) is 48.5 Å². The Morgan fingerprint density at radius 3 is 2.42 bits per heavy atom. The molecule has 0 aliphatic carbocycles. The Bertz CT molecular complexity index is 750. The van der Waals surface area contributed by atoms with Crippen LogP contribution in [0.1, 0.15) is 17.2 Å². The molecule has 0 spiro atoms. The van der Waals surface area contributed by atoms with Gasteiger partial charge in [0.05, 0.1) is 7.11 Å². The van der Waals surface area contributed by atoms with Crippen molar-refractivity contribution in [2.24, 2.45) is 0 Å².